The van der Waals surface area contributed by atoms with Gasteiger partial charge in [-0.25, -0.2) is 4.79 Å². The maximum absolute atomic E-state index is 13.0. The largest absolute Gasteiger partial charge is 0.344 e. The van der Waals surface area contributed by atoms with Gasteiger partial charge in [0.15, 0.2) is 0 Å². The van der Waals surface area contributed by atoms with Crippen molar-refractivity contribution in [3.05, 3.63) is 64.3 Å². The summed E-state index contributed by atoms with van der Waals surface area (Å²) in [6.07, 6.45) is 3.19. The number of carbonyl (C=O) groups is 2. The van der Waals surface area contributed by atoms with E-state index >= 15 is 0 Å². The fourth-order valence-corrected chi connectivity index (χ4v) is 4.39. The molecule has 32 heavy (non-hydrogen) atoms. The van der Waals surface area contributed by atoms with Crippen LogP contribution < -0.4 is 5.69 Å². The summed E-state index contributed by atoms with van der Waals surface area (Å²) in [5.74, 6) is -0.195. The zero-order chi connectivity index (χ0) is 22.8. The zero-order valence-corrected chi connectivity index (χ0v) is 18.8. The van der Waals surface area contributed by atoms with E-state index in [2.05, 4.69) is 4.98 Å². The minimum atomic E-state index is -0.295. The molecule has 3 heterocycles. The van der Waals surface area contributed by atoms with Crippen molar-refractivity contribution in [3.63, 3.8) is 0 Å². The molecule has 0 radical (unpaired) electrons. The van der Waals surface area contributed by atoms with Crippen LogP contribution in [0.5, 0.6) is 0 Å². The van der Waals surface area contributed by atoms with E-state index in [1.54, 1.807) is 41.4 Å². The molecule has 8 nitrogen and oxygen atoms in total. The summed E-state index contributed by atoms with van der Waals surface area (Å²) in [6.45, 7) is 1.47. The first-order valence-corrected chi connectivity index (χ1v) is 10.9. The highest BCUT2D eigenvalue weighted by Gasteiger charge is 2.30. The van der Waals surface area contributed by atoms with Gasteiger partial charge >= 0.3 is 5.69 Å². The monoisotopic (exact) mass is 435 g/mol. The first-order chi connectivity index (χ1) is 15.3. The number of benzene rings is 1. The summed E-state index contributed by atoms with van der Waals surface area (Å²) in [5, 5.41) is 0. The second-order valence-corrected chi connectivity index (χ2v) is 8.55. The Morgan fingerprint density at radius 2 is 1.81 bits per heavy atom. The number of aryl methyl sites for hydroxylation is 3. The minimum Gasteiger partial charge on any atom is -0.344 e. The molecule has 4 rings (SSSR count). The van der Waals surface area contributed by atoms with Crippen LogP contribution in [0.1, 0.15) is 17.7 Å². The van der Waals surface area contributed by atoms with Crippen molar-refractivity contribution < 1.29 is 9.59 Å². The molecular weight excluding hydrogens is 406 g/mol. The van der Waals surface area contributed by atoms with Gasteiger partial charge in [-0.2, -0.15) is 0 Å². The molecule has 1 unspecified atom stereocenters. The van der Waals surface area contributed by atoms with Crippen LogP contribution in [0.25, 0.3) is 11.0 Å². The number of carbonyl (C=O) groups excluding carboxylic acids is 2. The lowest BCUT2D eigenvalue weighted by Crippen LogP contribution is -2.37. The molecule has 0 bridgehead atoms. The number of hydrogen-bond acceptors (Lipinski definition) is 4. The second-order valence-electron chi connectivity index (χ2n) is 8.55. The van der Waals surface area contributed by atoms with Crippen LogP contribution >= 0.6 is 0 Å². The second kappa shape index (κ2) is 8.98. The number of pyridine rings is 1. The molecule has 1 aliphatic heterocycles. The van der Waals surface area contributed by atoms with Gasteiger partial charge in [0.1, 0.15) is 0 Å². The fourth-order valence-electron chi connectivity index (χ4n) is 4.39. The number of aromatic nitrogens is 3. The lowest BCUT2D eigenvalue weighted by molar-refractivity contribution is -0.134. The van der Waals surface area contributed by atoms with Crippen LogP contribution in [-0.4, -0.2) is 62.4 Å². The highest BCUT2D eigenvalue weighted by Crippen LogP contribution is 2.18. The van der Waals surface area contributed by atoms with Crippen LogP contribution in [0.2, 0.25) is 0 Å². The average molecular weight is 436 g/mol. The highest BCUT2D eigenvalue weighted by atomic mass is 16.2. The molecule has 3 aromatic rings. The van der Waals surface area contributed by atoms with Crippen molar-refractivity contribution in [2.24, 2.45) is 20.0 Å². The van der Waals surface area contributed by atoms with Crippen molar-refractivity contribution in [2.75, 3.05) is 26.7 Å². The van der Waals surface area contributed by atoms with E-state index in [1.165, 1.54) is 0 Å². The molecule has 0 spiro atoms. The van der Waals surface area contributed by atoms with Crippen LogP contribution in [0, 0.1) is 5.92 Å². The summed E-state index contributed by atoms with van der Waals surface area (Å²) in [4.78, 5) is 45.9. The lowest BCUT2D eigenvalue weighted by atomic mass is 10.0. The summed E-state index contributed by atoms with van der Waals surface area (Å²) >= 11 is 0. The zero-order valence-electron chi connectivity index (χ0n) is 18.8. The van der Waals surface area contributed by atoms with Crippen molar-refractivity contribution in [1.82, 2.24) is 23.9 Å². The number of likely N-dealkylation sites (N-methyl/N-ethyl adjacent to an activating group) is 1. The molecular formula is C24H29N5O3. The fraction of sp³-hybridized carbons (Fsp3) is 0.417. The Balaban J connectivity index is 1.45. The first kappa shape index (κ1) is 21.8. The summed E-state index contributed by atoms with van der Waals surface area (Å²) in [7, 11) is 5.31. The highest BCUT2D eigenvalue weighted by molar-refractivity contribution is 5.82. The number of amides is 2. The van der Waals surface area contributed by atoms with Crippen molar-refractivity contribution in [3.8, 4) is 0 Å². The van der Waals surface area contributed by atoms with Crippen LogP contribution in [0.15, 0.2) is 47.4 Å². The predicted molar refractivity (Wildman–Crippen MR) is 122 cm³/mol. The third-order valence-corrected chi connectivity index (χ3v) is 6.37. The number of hydrogen-bond donors (Lipinski definition) is 0. The number of rotatable bonds is 5. The Labute approximate surface area is 187 Å². The van der Waals surface area contributed by atoms with Crippen molar-refractivity contribution in [1.29, 1.82) is 0 Å². The van der Waals surface area contributed by atoms with E-state index in [9.17, 15) is 14.4 Å². The SMILES string of the molecule is CN1CCN(C(=O)CCc2ccc3c(c2)n(C)c(=O)n3C)CC(Cc2ccccn2)C1=O. The standard InChI is InChI=1S/C24H29N5O3/c1-26-12-13-29(16-18(23(26)31)15-19-6-4-5-11-25-19)22(30)10-8-17-7-9-20-21(14-17)28(3)24(32)27(20)2/h4-7,9,11,14,18H,8,10,12-13,15-16H2,1-3H3. The quantitative estimate of drug-likeness (QED) is 0.606. The number of fused-ring (bicyclic) bond motifs is 1. The minimum absolute atomic E-state index is 0.0427. The number of nitrogens with zero attached hydrogens (tertiary/aromatic N) is 5. The van der Waals surface area contributed by atoms with Gasteiger partial charge in [-0.1, -0.05) is 12.1 Å². The van der Waals surface area contributed by atoms with Crippen LogP contribution in [0.4, 0.5) is 0 Å². The van der Waals surface area contributed by atoms with Crippen LogP contribution in [-0.2, 0) is 36.5 Å². The van der Waals surface area contributed by atoms with Gasteiger partial charge < -0.3 is 9.80 Å². The van der Waals surface area contributed by atoms with Gasteiger partial charge in [0.2, 0.25) is 11.8 Å². The molecule has 0 saturated carbocycles. The molecule has 1 aliphatic rings. The maximum Gasteiger partial charge on any atom is 0.328 e. The van der Waals surface area contributed by atoms with Gasteiger partial charge in [0.25, 0.3) is 0 Å². The molecule has 1 fully saturated rings. The Kier molecular flexibility index (Phi) is 6.12. The third kappa shape index (κ3) is 4.30. The summed E-state index contributed by atoms with van der Waals surface area (Å²) in [6, 6.07) is 11.6. The Hall–Kier alpha value is -3.42. The van der Waals surface area contributed by atoms with Crippen molar-refractivity contribution in [2.45, 2.75) is 19.3 Å². The predicted octanol–water partition coefficient (Wildman–Crippen LogP) is 1.36. The molecule has 168 valence electrons. The van der Waals surface area contributed by atoms with E-state index in [0.29, 0.717) is 38.9 Å². The first-order valence-electron chi connectivity index (χ1n) is 10.9. The Morgan fingerprint density at radius 3 is 2.56 bits per heavy atom. The van der Waals surface area contributed by atoms with Crippen molar-refractivity contribution >= 4 is 22.8 Å². The lowest BCUT2D eigenvalue weighted by Gasteiger charge is -2.23. The van der Waals surface area contributed by atoms with E-state index in [4.69, 9.17) is 0 Å². The van der Waals surface area contributed by atoms with E-state index in [0.717, 1.165) is 22.3 Å². The van der Waals surface area contributed by atoms with Gasteiger partial charge in [-0.15, -0.1) is 0 Å². The van der Waals surface area contributed by atoms with E-state index in [1.807, 2.05) is 41.3 Å². The van der Waals surface area contributed by atoms with Gasteiger partial charge in [0.05, 0.1) is 17.0 Å². The normalized spacial score (nSPS) is 17.1. The maximum atomic E-state index is 13.0. The molecule has 0 aliphatic carbocycles. The third-order valence-electron chi connectivity index (χ3n) is 6.37. The molecule has 2 aromatic heterocycles. The molecule has 2 amide bonds. The molecule has 1 aromatic carbocycles. The molecule has 0 N–H and O–H groups in total. The van der Waals surface area contributed by atoms with Gasteiger partial charge in [-0.05, 0) is 36.2 Å². The van der Waals surface area contributed by atoms with Gasteiger partial charge in [0, 0.05) is 65.5 Å². The molecule has 1 saturated heterocycles. The van der Waals surface area contributed by atoms with Gasteiger partial charge in [-0.3, -0.25) is 23.7 Å². The average Bonchev–Trinajstić information content (AvgIpc) is 2.92. The molecule has 8 heteroatoms. The molecule has 1 atom stereocenters. The van der Waals surface area contributed by atoms with E-state index < -0.39 is 0 Å². The van der Waals surface area contributed by atoms with E-state index in [-0.39, 0.29) is 23.4 Å². The smallest absolute Gasteiger partial charge is 0.328 e. The Bertz CT molecular complexity index is 1200. The number of imidazole rings is 1. The van der Waals surface area contributed by atoms with Crippen LogP contribution in [0.3, 0.4) is 0 Å². The summed E-state index contributed by atoms with van der Waals surface area (Å²) in [5.41, 5.74) is 3.54. The summed E-state index contributed by atoms with van der Waals surface area (Å²) < 4.78 is 3.25. The topological polar surface area (TPSA) is 80.4 Å². The Morgan fingerprint density at radius 1 is 1.03 bits per heavy atom.